The standard InChI is InChI=1S/C19H18N4O/c1-13-10-18(23-19(22-13)14-6-8-20-9-7-14)21-12-16-11-15-4-2-3-5-17(15)24-16/h2-10,16H,11-12H2,1H3,(H,21,22,23). The highest BCUT2D eigenvalue weighted by atomic mass is 16.5. The second-order valence-electron chi connectivity index (χ2n) is 5.89. The van der Waals surface area contributed by atoms with Crippen molar-refractivity contribution in [1.82, 2.24) is 15.0 Å². The number of aromatic nitrogens is 3. The minimum atomic E-state index is 0.127. The molecule has 1 aliphatic rings. The fourth-order valence-corrected chi connectivity index (χ4v) is 2.88. The molecule has 0 amide bonds. The van der Waals surface area contributed by atoms with Crippen LogP contribution in [-0.4, -0.2) is 27.6 Å². The van der Waals surface area contributed by atoms with Gasteiger partial charge in [0.05, 0.1) is 6.54 Å². The molecule has 24 heavy (non-hydrogen) atoms. The van der Waals surface area contributed by atoms with E-state index >= 15 is 0 Å². The molecule has 0 saturated carbocycles. The van der Waals surface area contributed by atoms with E-state index in [1.807, 2.05) is 43.3 Å². The summed E-state index contributed by atoms with van der Waals surface area (Å²) in [4.78, 5) is 13.2. The molecule has 1 aromatic carbocycles. The predicted molar refractivity (Wildman–Crippen MR) is 93.1 cm³/mol. The quantitative estimate of drug-likeness (QED) is 0.800. The van der Waals surface area contributed by atoms with Crippen molar-refractivity contribution in [3.05, 3.63) is 66.1 Å². The Morgan fingerprint density at radius 1 is 1.12 bits per heavy atom. The molecule has 0 saturated heterocycles. The summed E-state index contributed by atoms with van der Waals surface area (Å²) in [6.45, 7) is 2.68. The van der Waals surface area contributed by atoms with Crippen molar-refractivity contribution in [2.24, 2.45) is 0 Å². The first-order valence-corrected chi connectivity index (χ1v) is 8.02. The van der Waals surface area contributed by atoms with Crippen LogP contribution in [0.3, 0.4) is 0 Å². The molecule has 0 aliphatic carbocycles. The third-order valence-electron chi connectivity index (χ3n) is 4.02. The fraction of sp³-hybridized carbons (Fsp3) is 0.211. The second kappa shape index (κ2) is 6.28. The lowest BCUT2D eigenvalue weighted by molar-refractivity contribution is 0.246. The first-order chi connectivity index (χ1) is 11.8. The third-order valence-corrected chi connectivity index (χ3v) is 4.02. The maximum atomic E-state index is 5.96. The molecule has 1 atom stereocenters. The summed E-state index contributed by atoms with van der Waals surface area (Å²) < 4.78 is 5.96. The number of hydrogen-bond donors (Lipinski definition) is 1. The molecule has 120 valence electrons. The van der Waals surface area contributed by atoms with Gasteiger partial charge in [0.15, 0.2) is 5.82 Å². The highest BCUT2D eigenvalue weighted by Crippen LogP contribution is 2.28. The number of pyridine rings is 1. The lowest BCUT2D eigenvalue weighted by atomic mass is 10.1. The maximum Gasteiger partial charge on any atom is 0.161 e. The van der Waals surface area contributed by atoms with Crippen molar-refractivity contribution < 1.29 is 4.74 Å². The molecule has 3 heterocycles. The normalized spacial score (nSPS) is 15.6. The molecule has 3 aromatic rings. The van der Waals surface area contributed by atoms with E-state index in [2.05, 4.69) is 26.3 Å². The molecule has 0 bridgehead atoms. The molecule has 2 aromatic heterocycles. The van der Waals surface area contributed by atoms with E-state index in [9.17, 15) is 0 Å². The van der Waals surface area contributed by atoms with E-state index in [-0.39, 0.29) is 6.10 Å². The van der Waals surface area contributed by atoms with Crippen LogP contribution in [0.2, 0.25) is 0 Å². The van der Waals surface area contributed by atoms with E-state index < -0.39 is 0 Å². The molecular weight excluding hydrogens is 300 g/mol. The van der Waals surface area contributed by atoms with Gasteiger partial charge in [0, 0.05) is 36.1 Å². The van der Waals surface area contributed by atoms with Crippen molar-refractivity contribution in [2.45, 2.75) is 19.4 Å². The van der Waals surface area contributed by atoms with E-state index in [0.29, 0.717) is 12.4 Å². The Morgan fingerprint density at radius 2 is 1.96 bits per heavy atom. The Hall–Kier alpha value is -2.95. The number of ether oxygens (including phenoxy) is 1. The highest BCUT2D eigenvalue weighted by Gasteiger charge is 2.22. The molecule has 0 fully saturated rings. The molecule has 1 unspecified atom stereocenters. The van der Waals surface area contributed by atoms with Crippen LogP contribution in [0.25, 0.3) is 11.4 Å². The largest absolute Gasteiger partial charge is 0.488 e. The van der Waals surface area contributed by atoms with Gasteiger partial charge in [0.25, 0.3) is 0 Å². The second-order valence-corrected chi connectivity index (χ2v) is 5.89. The molecule has 4 rings (SSSR count). The number of rotatable bonds is 4. The van der Waals surface area contributed by atoms with Crippen LogP contribution < -0.4 is 10.1 Å². The summed E-state index contributed by atoms with van der Waals surface area (Å²) in [5.41, 5.74) is 3.15. The summed E-state index contributed by atoms with van der Waals surface area (Å²) in [5, 5.41) is 3.38. The lowest BCUT2D eigenvalue weighted by Gasteiger charge is -2.13. The molecule has 0 spiro atoms. The van der Waals surface area contributed by atoms with E-state index in [1.165, 1.54) is 5.56 Å². The van der Waals surface area contributed by atoms with Crippen molar-refractivity contribution in [1.29, 1.82) is 0 Å². The minimum absolute atomic E-state index is 0.127. The minimum Gasteiger partial charge on any atom is -0.488 e. The van der Waals surface area contributed by atoms with Gasteiger partial charge in [0.1, 0.15) is 17.7 Å². The van der Waals surface area contributed by atoms with Crippen LogP contribution in [-0.2, 0) is 6.42 Å². The Bertz CT molecular complexity index is 826. The zero-order valence-electron chi connectivity index (χ0n) is 13.4. The maximum absolute atomic E-state index is 5.96. The molecule has 5 heteroatoms. The van der Waals surface area contributed by atoms with Crippen molar-refractivity contribution in [3.8, 4) is 17.1 Å². The van der Waals surface area contributed by atoms with Gasteiger partial charge in [-0.3, -0.25) is 4.98 Å². The number of nitrogens with zero attached hydrogens (tertiary/aromatic N) is 3. The Morgan fingerprint density at radius 3 is 2.79 bits per heavy atom. The number of para-hydroxylation sites is 1. The van der Waals surface area contributed by atoms with Crippen molar-refractivity contribution in [3.63, 3.8) is 0 Å². The molecule has 0 radical (unpaired) electrons. The summed E-state index contributed by atoms with van der Waals surface area (Å²) >= 11 is 0. The predicted octanol–water partition coefficient (Wildman–Crippen LogP) is 3.26. The summed E-state index contributed by atoms with van der Waals surface area (Å²) in [6, 6.07) is 14.0. The average molecular weight is 318 g/mol. The lowest BCUT2D eigenvalue weighted by Crippen LogP contribution is -2.24. The van der Waals surface area contributed by atoms with Crippen LogP contribution in [0.5, 0.6) is 5.75 Å². The number of nitrogens with one attached hydrogen (secondary N) is 1. The number of anilines is 1. The number of aryl methyl sites for hydroxylation is 1. The molecule has 1 N–H and O–H groups in total. The van der Waals surface area contributed by atoms with Gasteiger partial charge in [-0.1, -0.05) is 18.2 Å². The average Bonchev–Trinajstić information content (AvgIpc) is 3.03. The van der Waals surface area contributed by atoms with Crippen LogP contribution in [0.15, 0.2) is 54.9 Å². The van der Waals surface area contributed by atoms with Gasteiger partial charge in [-0.2, -0.15) is 0 Å². The fourth-order valence-electron chi connectivity index (χ4n) is 2.88. The van der Waals surface area contributed by atoms with Crippen LogP contribution in [0.1, 0.15) is 11.3 Å². The van der Waals surface area contributed by atoms with Gasteiger partial charge in [0.2, 0.25) is 0 Å². The first kappa shape index (κ1) is 14.6. The van der Waals surface area contributed by atoms with Gasteiger partial charge in [-0.15, -0.1) is 0 Å². The van der Waals surface area contributed by atoms with E-state index in [4.69, 9.17) is 4.74 Å². The van der Waals surface area contributed by atoms with Crippen LogP contribution >= 0.6 is 0 Å². The zero-order valence-corrected chi connectivity index (χ0v) is 13.4. The Kier molecular flexibility index (Phi) is 3.83. The van der Waals surface area contributed by atoms with Gasteiger partial charge in [-0.25, -0.2) is 9.97 Å². The number of hydrogen-bond acceptors (Lipinski definition) is 5. The molecule has 1 aliphatic heterocycles. The monoisotopic (exact) mass is 318 g/mol. The highest BCUT2D eigenvalue weighted by molar-refractivity contribution is 5.56. The summed E-state index contributed by atoms with van der Waals surface area (Å²) in [6.07, 6.45) is 4.54. The van der Waals surface area contributed by atoms with Crippen molar-refractivity contribution in [2.75, 3.05) is 11.9 Å². The summed E-state index contributed by atoms with van der Waals surface area (Å²) in [5.74, 6) is 2.50. The van der Waals surface area contributed by atoms with Crippen LogP contribution in [0, 0.1) is 6.92 Å². The summed E-state index contributed by atoms with van der Waals surface area (Å²) in [7, 11) is 0. The molecular formula is C19H18N4O. The van der Waals surface area contributed by atoms with Crippen molar-refractivity contribution >= 4 is 5.82 Å². The smallest absolute Gasteiger partial charge is 0.161 e. The number of fused-ring (bicyclic) bond motifs is 1. The Balaban J connectivity index is 1.47. The van der Waals surface area contributed by atoms with E-state index in [0.717, 1.165) is 29.2 Å². The molecule has 5 nitrogen and oxygen atoms in total. The van der Waals surface area contributed by atoms with E-state index in [1.54, 1.807) is 12.4 Å². The third kappa shape index (κ3) is 3.06. The zero-order chi connectivity index (χ0) is 16.4. The Labute approximate surface area is 140 Å². The topological polar surface area (TPSA) is 59.9 Å². The first-order valence-electron chi connectivity index (χ1n) is 8.02. The van der Waals surface area contributed by atoms with Crippen LogP contribution in [0.4, 0.5) is 5.82 Å². The SMILES string of the molecule is Cc1cc(NCC2Cc3ccccc3O2)nc(-c2ccncc2)n1. The number of benzene rings is 1. The van der Waals surface area contributed by atoms with Gasteiger partial charge in [-0.05, 0) is 30.7 Å². The van der Waals surface area contributed by atoms with Gasteiger partial charge >= 0.3 is 0 Å². The van der Waals surface area contributed by atoms with Gasteiger partial charge < -0.3 is 10.1 Å².